The maximum Gasteiger partial charge on any atom is 0.319 e. The van der Waals surface area contributed by atoms with Crippen molar-refractivity contribution in [1.82, 2.24) is 30.0 Å². The molecule has 1 saturated heterocycles. The van der Waals surface area contributed by atoms with Gasteiger partial charge in [-0.3, -0.25) is 9.89 Å². The second-order valence-corrected chi connectivity index (χ2v) is 10.4. The minimum absolute atomic E-state index is 0.0986. The van der Waals surface area contributed by atoms with Crippen LogP contribution in [0.3, 0.4) is 0 Å². The Morgan fingerprint density at radius 3 is 2.65 bits per heavy atom. The standard InChI is InChI=1S/C30H37ClFN7O2.C2H6/c1-6-26(40)39-12-11-38(19-21(39)5)29-24-16-25(31)23(15-20(4)9-10-22-17-33-34-18-22)27(32)28(24)35-30(36-29)41-14-13-37(7-2)8-3;1-2/h6,9-10,15-18,21H,1,7-8,11-14,19H2,2-5H3,(H,33,34);1-2H3/b10-9-,20-15+;. The number of nitrogens with zero attached hydrogens (tertiary/aromatic N) is 6. The number of aromatic amines is 1. The Balaban J connectivity index is 0.00000248. The zero-order valence-corrected chi connectivity index (χ0v) is 26.8. The van der Waals surface area contributed by atoms with Crippen molar-refractivity contribution in [1.29, 1.82) is 0 Å². The Bertz CT molecular complexity index is 1440. The number of likely N-dealkylation sites (N-methyl/N-ethyl adjacent to an activating group) is 1. The van der Waals surface area contributed by atoms with E-state index in [0.717, 1.165) is 24.2 Å². The summed E-state index contributed by atoms with van der Waals surface area (Å²) in [5, 5.41) is 7.43. The van der Waals surface area contributed by atoms with Gasteiger partial charge >= 0.3 is 6.01 Å². The van der Waals surface area contributed by atoms with Crippen LogP contribution in [0.1, 0.15) is 52.7 Å². The first kappa shape index (κ1) is 33.7. The molecule has 0 bridgehead atoms. The van der Waals surface area contributed by atoms with Crippen LogP contribution in [0, 0.1) is 5.82 Å². The van der Waals surface area contributed by atoms with E-state index in [0.29, 0.717) is 44.0 Å². The molecule has 0 aliphatic carbocycles. The van der Waals surface area contributed by atoms with Crippen LogP contribution in [0.5, 0.6) is 6.01 Å². The van der Waals surface area contributed by atoms with E-state index in [9.17, 15) is 4.79 Å². The summed E-state index contributed by atoms with van der Waals surface area (Å²) in [5.41, 5.74) is 2.07. The number of hydrogen-bond donors (Lipinski definition) is 1. The average Bonchev–Trinajstić information content (AvgIpc) is 3.55. The van der Waals surface area contributed by atoms with Crippen molar-refractivity contribution >= 4 is 46.4 Å². The number of amides is 1. The molecule has 1 aromatic carbocycles. The number of halogens is 2. The van der Waals surface area contributed by atoms with Crippen LogP contribution >= 0.6 is 11.6 Å². The molecule has 1 aliphatic rings. The monoisotopic (exact) mass is 611 g/mol. The highest BCUT2D eigenvalue weighted by Gasteiger charge is 2.29. The van der Waals surface area contributed by atoms with E-state index in [1.165, 1.54) is 6.08 Å². The Labute approximate surface area is 259 Å². The molecule has 0 spiro atoms. The van der Waals surface area contributed by atoms with Crippen LogP contribution < -0.4 is 9.64 Å². The zero-order chi connectivity index (χ0) is 31.5. The van der Waals surface area contributed by atoms with Gasteiger partial charge in [0.1, 0.15) is 17.9 Å². The predicted octanol–water partition coefficient (Wildman–Crippen LogP) is 6.23. The summed E-state index contributed by atoms with van der Waals surface area (Å²) in [6.45, 7) is 20.0. The molecule has 1 N–H and O–H groups in total. The fraction of sp³-hybridized carbons (Fsp3) is 0.438. The summed E-state index contributed by atoms with van der Waals surface area (Å²) in [6, 6.07) is 1.71. The number of carbonyl (C=O) groups is 1. The number of rotatable bonds is 11. The van der Waals surface area contributed by atoms with Crippen molar-refractivity contribution in [2.75, 3.05) is 50.8 Å². The number of aromatic nitrogens is 4. The fourth-order valence-electron chi connectivity index (χ4n) is 4.87. The molecule has 0 radical (unpaired) electrons. The zero-order valence-electron chi connectivity index (χ0n) is 26.0. The Morgan fingerprint density at radius 2 is 2.02 bits per heavy atom. The van der Waals surface area contributed by atoms with Crippen molar-refractivity contribution in [2.45, 2.75) is 47.6 Å². The average molecular weight is 612 g/mol. The molecule has 9 nitrogen and oxygen atoms in total. The molecule has 3 heterocycles. The SMILES string of the molecule is C=CC(=O)N1CCN(c2nc(OCCN(CC)CC)nc3c(F)c(/C=C(C)/C=C\c4cn[nH]c4)c(Cl)cc23)CC1C.CC. The van der Waals surface area contributed by atoms with Crippen molar-refractivity contribution < 1.29 is 13.9 Å². The second-order valence-electron chi connectivity index (χ2n) is 9.97. The lowest BCUT2D eigenvalue weighted by Crippen LogP contribution is -2.54. The van der Waals surface area contributed by atoms with E-state index < -0.39 is 5.82 Å². The first-order chi connectivity index (χ1) is 20.7. The first-order valence-corrected chi connectivity index (χ1v) is 15.2. The highest BCUT2D eigenvalue weighted by atomic mass is 35.5. The Kier molecular flexibility index (Phi) is 12.7. The van der Waals surface area contributed by atoms with E-state index >= 15 is 4.39 Å². The summed E-state index contributed by atoms with van der Waals surface area (Å²) in [7, 11) is 0. The maximum absolute atomic E-state index is 16.2. The number of nitrogens with one attached hydrogen (secondary N) is 1. The Hall–Kier alpha value is -3.76. The van der Waals surface area contributed by atoms with Crippen LogP contribution in [0.4, 0.5) is 10.2 Å². The highest BCUT2D eigenvalue weighted by molar-refractivity contribution is 6.33. The quantitative estimate of drug-likeness (QED) is 0.203. The molecule has 1 unspecified atom stereocenters. The fourth-order valence-corrected chi connectivity index (χ4v) is 5.12. The largest absolute Gasteiger partial charge is 0.462 e. The van der Waals surface area contributed by atoms with E-state index in [1.54, 1.807) is 29.4 Å². The minimum atomic E-state index is -0.547. The van der Waals surface area contributed by atoms with Crippen molar-refractivity contribution in [3.05, 3.63) is 64.7 Å². The van der Waals surface area contributed by atoms with E-state index in [4.69, 9.17) is 21.3 Å². The van der Waals surface area contributed by atoms with Crippen molar-refractivity contribution in [3.8, 4) is 6.01 Å². The third-order valence-electron chi connectivity index (χ3n) is 7.23. The molecule has 1 amide bonds. The molecule has 2 aromatic heterocycles. The Morgan fingerprint density at radius 1 is 1.28 bits per heavy atom. The van der Waals surface area contributed by atoms with Gasteiger partial charge < -0.3 is 19.4 Å². The number of anilines is 1. The number of carbonyl (C=O) groups excluding carboxylic acids is 1. The minimum Gasteiger partial charge on any atom is -0.462 e. The number of hydrogen-bond acceptors (Lipinski definition) is 7. The molecule has 1 fully saturated rings. The molecular weight excluding hydrogens is 569 g/mol. The molecule has 4 rings (SSSR count). The lowest BCUT2D eigenvalue weighted by molar-refractivity contribution is -0.128. The molecule has 232 valence electrons. The molecule has 43 heavy (non-hydrogen) atoms. The number of ether oxygens (including phenoxy) is 1. The molecule has 11 heteroatoms. The number of benzene rings is 1. The molecule has 1 atom stereocenters. The van der Waals surface area contributed by atoms with Crippen LogP contribution in [0.25, 0.3) is 23.1 Å². The normalized spacial score (nSPS) is 15.7. The van der Waals surface area contributed by atoms with Gasteiger partial charge in [-0.1, -0.05) is 63.6 Å². The smallest absolute Gasteiger partial charge is 0.319 e. The first-order valence-electron chi connectivity index (χ1n) is 14.8. The number of allylic oxidation sites excluding steroid dienone is 2. The predicted molar refractivity (Wildman–Crippen MR) is 174 cm³/mol. The second kappa shape index (κ2) is 16.2. The maximum atomic E-state index is 16.2. The molecule has 1 aliphatic heterocycles. The van der Waals surface area contributed by atoms with Gasteiger partial charge in [0.25, 0.3) is 0 Å². The number of piperazine rings is 1. The third kappa shape index (κ3) is 8.42. The summed E-state index contributed by atoms with van der Waals surface area (Å²) in [6.07, 6.45) is 10.2. The topological polar surface area (TPSA) is 90.5 Å². The van der Waals surface area contributed by atoms with Gasteiger partial charge in [0.2, 0.25) is 5.91 Å². The van der Waals surface area contributed by atoms with Gasteiger partial charge in [-0.15, -0.1) is 0 Å². The number of fused-ring (bicyclic) bond motifs is 1. The lowest BCUT2D eigenvalue weighted by atomic mass is 10.1. The van der Waals surface area contributed by atoms with E-state index in [1.807, 2.05) is 44.7 Å². The summed E-state index contributed by atoms with van der Waals surface area (Å²) < 4.78 is 22.1. The highest BCUT2D eigenvalue weighted by Crippen LogP contribution is 2.35. The van der Waals surface area contributed by atoms with Gasteiger partial charge in [-0.2, -0.15) is 15.1 Å². The van der Waals surface area contributed by atoms with Gasteiger partial charge in [-0.05, 0) is 45.2 Å². The van der Waals surface area contributed by atoms with Gasteiger partial charge in [0.15, 0.2) is 5.82 Å². The lowest BCUT2D eigenvalue weighted by Gasteiger charge is -2.40. The van der Waals surface area contributed by atoms with Crippen LogP contribution in [-0.2, 0) is 4.79 Å². The third-order valence-corrected chi connectivity index (χ3v) is 7.54. The molecule has 3 aromatic rings. The number of H-pyrrole nitrogens is 1. The molecular formula is C32H43ClFN7O2. The van der Waals surface area contributed by atoms with E-state index in [2.05, 4.69) is 40.5 Å². The van der Waals surface area contributed by atoms with Crippen LogP contribution in [0.15, 0.2) is 42.8 Å². The van der Waals surface area contributed by atoms with Crippen molar-refractivity contribution in [2.24, 2.45) is 0 Å². The summed E-state index contributed by atoms with van der Waals surface area (Å²) in [5.74, 6) is -0.138. The van der Waals surface area contributed by atoms with Gasteiger partial charge in [-0.25, -0.2) is 4.39 Å². The van der Waals surface area contributed by atoms with Gasteiger partial charge in [0.05, 0.1) is 11.2 Å². The van der Waals surface area contributed by atoms with Crippen LogP contribution in [-0.4, -0.2) is 87.8 Å². The summed E-state index contributed by atoms with van der Waals surface area (Å²) >= 11 is 6.67. The summed E-state index contributed by atoms with van der Waals surface area (Å²) in [4.78, 5) is 27.5. The van der Waals surface area contributed by atoms with Gasteiger partial charge in [0, 0.05) is 54.9 Å². The molecule has 0 saturated carbocycles. The van der Waals surface area contributed by atoms with E-state index in [-0.39, 0.29) is 34.1 Å². The van der Waals surface area contributed by atoms with Crippen molar-refractivity contribution in [3.63, 3.8) is 0 Å². The van der Waals surface area contributed by atoms with Crippen LogP contribution in [0.2, 0.25) is 5.02 Å².